The molecule has 17 heavy (non-hydrogen) atoms. The van der Waals surface area contributed by atoms with E-state index in [1.54, 1.807) is 6.20 Å². The molecule has 1 aromatic carbocycles. The Hall–Kier alpha value is -1.75. The van der Waals surface area contributed by atoms with Crippen molar-refractivity contribution in [2.75, 3.05) is 5.32 Å². The fourth-order valence-corrected chi connectivity index (χ4v) is 1.50. The Balaban J connectivity index is 2.11. The summed E-state index contributed by atoms with van der Waals surface area (Å²) < 4.78 is 0.964. The molecule has 2 rings (SSSR count). The monoisotopic (exact) mass is 291 g/mol. The average Bonchev–Trinajstić information content (AvgIpc) is 2.33. The molecule has 0 atom stereocenters. The lowest BCUT2D eigenvalue weighted by molar-refractivity contribution is 0.102. The minimum atomic E-state index is -0.264. The zero-order valence-electron chi connectivity index (χ0n) is 9.14. The van der Waals surface area contributed by atoms with Gasteiger partial charge in [0.15, 0.2) is 0 Å². The topological polar surface area (TPSA) is 54.9 Å². The number of nitrogens with one attached hydrogen (secondary N) is 1. The van der Waals surface area contributed by atoms with Crippen molar-refractivity contribution >= 4 is 27.5 Å². The highest BCUT2D eigenvalue weighted by molar-refractivity contribution is 9.10. The van der Waals surface area contributed by atoms with Gasteiger partial charge in [0, 0.05) is 16.4 Å². The van der Waals surface area contributed by atoms with Crippen LogP contribution in [0.1, 0.15) is 16.2 Å². The summed E-state index contributed by atoms with van der Waals surface area (Å²) in [5.41, 5.74) is 1.81. The molecule has 0 radical (unpaired) electrons. The lowest BCUT2D eigenvalue weighted by Gasteiger charge is -2.04. The smallest absolute Gasteiger partial charge is 0.275 e. The van der Waals surface area contributed by atoms with Gasteiger partial charge in [0.05, 0.1) is 11.9 Å². The lowest BCUT2D eigenvalue weighted by atomic mass is 10.3. The molecule has 0 bridgehead atoms. The van der Waals surface area contributed by atoms with Crippen molar-refractivity contribution in [2.24, 2.45) is 0 Å². The number of carbonyl (C=O) groups is 1. The molecule has 0 aliphatic carbocycles. The molecule has 1 aromatic heterocycles. The highest BCUT2D eigenvalue weighted by Crippen LogP contribution is 2.14. The SMILES string of the molecule is Cc1cnc(C(=O)Nc2ccc(Br)cc2)cn1. The number of anilines is 1. The Bertz CT molecular complexity index is 522. The second-order valence-corrected chi connectivity index (χ2v) is 4.42. The Morgan fingerprint density at radius 1 is 1.18 bits per heavy atom. The van der Waals surface area contributed by atoms with Crippen molar-refractivity contribution in [3.8, 4) is 0 Å². The standard InChI is InChI=1S/C12H10BrN3O/c1-8-6-15-11(7-14-8)12(17)16-10-4-2-9(13)3-5-10/h2-7H,1H3,(H,16,17). The largest absolute Gasteiger partial charge is 0.321 e. The van der Waals surface area contributed by atoms with Crippen molar-refractivity contribution in [3.63, 3.8) is 0 Å². The van der Waals surface area contributed by atoms with Gasteiger partial charge in [-0.25, -0.2) is 4.98 Å². The number of aryl methyl sites for hydroxylation is 1. The number of amides is 1. The molecule has 5 heteroatoms. The van der Waals surface area contributed by atoms with E-state index in [1.807, 2.05) is 31.2 Å². The van der Waals surface area contributed by atoms with Crippen LogP contribution in [0.3, 0.4) is 0 Å². The normalized spacial score (nSPS) is 10.0. The Kier molecular flexibility index (Phi) is 3.49. The summed E-state index contributed by atoms with van der Waals surface area (Å²) in [6.45, 7) is 1.82. The predicted octanol–water partition coefficient (Wildman–Crippen LogP) is 2.80. The van der Waals surface area contributed by atoms with Gasteiger partial charge in [-0.1, -0.05) is 15.9 Å². The second-order valence-electron chi connectivity index (χ2n) is 3.50. The van der Waals surface area contributed by atoms with Crippen molar-refractivity contribution in [3.05, 3.63) is 52.5 Å². The summed E-state index contributed by atoms with van der Waals surface area (Å²) in [4.78, 5) is 19.8. The van der Waals surface area contributed by atoms with Crippen molar-refractivity contribution in [2.45, 2.75) is 6.92 Å². The maximum atomic E-state index is 11.8. The number of hydrogen-bond donors (Lipinski definition) is 1. The Morgan fingerprint density at radius 3 is 2.47 bits per heavy atom. The van der Waals surface area contributed by atoms with Gasteiger partial charge in [-0.05, 0) is 31.2 Å². The third-order valence-corrected chi connectivity index (χ3v) is 2.64. The average molecular weight is 292 g/mol. The fraction of sp³-hybridized carbons (Fsp3) is 0.0833. The van der Waals surface area contributed by atoms with Gasteiger partial charge in [0.1, 0.15) is 5.69 Å². The minimum absolute atomic E-state index is 0.264. The van der Waals surface area contributed by atoms with E-state index in [4.69, 9.17) is 0 Å². The summed E-state index contributed by atoms with van der Waals surface area (Å²) in [6.07, 6.45) is 3.03. The molecule has 0 aliphatic heterocycles. The highest BCUT2D eigenvalue weighted by Gasteiger charge is 2.07. The molecule has 0 spiro atoms. The van der Waals surface area contributed by atoms with E-state index in [2.05, 4.69) is 31.2 Å². The van der Waals surface area contributed by atoms with Gasteiger partial charge >= 0.3 is 0 Å². The third-order valence-electron chi connectivity index (χ3n) is 2.12. The highest BCUT2D eigenvalue weighted by atomic mass is 79.9. The van der Waals surface area contributed by atoms with Crippen LogP contribution in [-0.2, 0) is 0 Å². The number of rotatable bonds is 2. The zero-order valence-corrected chi connectivity index (χ0v) is 10.7. The number of aromatic nitrogens is 2. The van der Waals surface area contributed by atoms with Crippen LogP contribution >= 0.6 is 15.9 Å². The van der Waals surface area contributed by atoms with Crippen molar-refractivity contribution < 1.29 is 4.79 Å². The summed E-state index contributed by atoms with van der Waals surface area (Å²) in [5.74, 6) is -0.264. The van der Waals surface area contributed by atoms with Gasteiger partial charge in [0.2, 0.25) is 0 Å². The number of benzene rings is 1. The van der Waals surface area contributed by atoms with Gasteiger partial charge in [-0.2, -0.15) is 0 Å². The van der Waals surface area contributed by atoms with E-state index in [9.17, 15) is 4.79 Å². The molecule has 1 N–H and O–H groups in total. The van der Waals surface area contributed by atoms with Gasteiger partial charge < -0.3 is 5.32 Å². The number of nitrogens with zero attached hydrogens (tertiary/aromatic N) is 2. The number of halogens is 1. The van der Waals surface area contributed by atoms with Gasteiger partial charge in [-0.15, -0.1) is 0 Å². The molecule has 4 nitrogen and oxygen atoms in total. The van der Waals surface area contributed by atoms with E-state index in [1.165, 1.54) is 6.20 Å². The number of hydrogen-bond acceptors (Lipinski definition) is 3. The van der Waals surface area contributed by atoms with Crippen molar-refractivity contribution in [1.29, 1.82) is 0 Å². The first-order chi connectivity index (χ1) is 8.15. The third kappa shape index (κ3) is 3.10. The molecular formula is C12H10BrN3O. The molecule has 0 unspecified atom stereocenters. The first-order valence-electron chi connectivity index (χ1n) is 5.01. The summed E-state index contributed by atoms with van der Waals surface area (Å²) in [6, 6.07) is 7.33. The molecule has 0 saturated carbocycles. The molecule has 1 amide bonds. The quantitative estimate of drug-likeness (QED) is 0.926. The molecule has 86 valence electrons. The van der Waals surface area contributed by atoms with Crippen LogP contribution in [0.4, 0.5) is 5.69 Å². The molecule has 2 aromatic rings. The van der Waals surface area contributed by atoms with E-state index in [0.717, 1.165) is 15.9 Å². The Labute approximate surface area is 107 Å². The van der Waals surface area contributed by atoms with E-state index in [0.29, 0.717) is 5.69 Å². The predicted molar refractivity (Wildman–Crippen MR) is 68.9 cm³/mol. The molecule has 0 fully saturated rings. The van der Waals surface area contributed by atoms with Crippen LogP contribution in [0.2, 0.25) is 0 Å². The van der Waals surface area contributed by atoms with Crippen molar-refractivity contribution in [1.82, 2.24) is 9.97 Å². The number of carbonyl (C=O) groups excluding carboxylic acids is 1. The van der Waals surface area contributed by atoms with E-state index in [-0.39, 0.29) is 5.91 Å². The molecule has 0 aliphatic rings. The first kappa shape index (κ1) is 11.7. The van der Waals surface area contributed by atoms with E-state index < -0.39 is 0 Å². The molecule has 1 heterocycles. The molecule has 0 saturated heterocycles. The van der Waals surface area contributed by atoms with Gasteiger partial charge in [0.25, 0.3) is 5.91 Å². The zero-order chi connectivity index (χ0) is 12.3. The van der Waals surface area contributed by atoms with Crippen LogP contribution < -0.4 is 5.32 Å². The maximum Gasteiger partial charge on any atom is 0.275 e. The minimum Gasteiger partial charge on any atom is -0.321 e. The van der Waals surface area contributed by atoms with Crippen LogP contribution in [0, 0.1) is 6.92 Å². The van der Waals surface area contributed by atoms with Crippen LogP contribution in [-0.4, -0.2) is 15.9 Å². The fourth-order valence-electron chi connectivity index (χ4n) is 1.24. The molecular weight excluding hydrogens is 282 g/mol. The van der Waals surface area contributed by atoms with Crippen LogP contribution in [0.25, 0.3) is 0 Å². The summed E-state index contributed by atoms with van der Waals surface area (Å²) in [7, 11) is 0. The summed E-state index contributed by atoms with van der Waals surface area (Å²) in [5, 5.41) is 2.74. The summed E-state index contributed by atoms with van der Waals surface area (Å²) >= 11 is 3.33. The lowest BCUT2D eigenvalue weighted by Crippen LogP contribution is -2.14. The van der Waals surface area contributed by atoms with Crippen LogP contribution in [0.5, 0.6) is 0 Å². The second kappa shape index (κ2) is 5.05. The van der Waals surface area contributed by atoms with Gasteiger partial charge in [-0.3, -0.25) is 9.78 Å². The van der Waals surface area contributed by atoms with Crippen LogP contribution in [0.15, 0.2) is 41.1 Å². The first-order valence-corrected chi connectivity index (χ1v) is 5.80. The maximum absolute atomic E-state index is 11.8. The van der Waals surface area contributed by atoms with E-state index >= 15 is 0 Å². The Morgan fingerprint density at radius 2 is 1.88 bits per heavy atom.